The van der Waals surface area contributed by atoms with Gasteiger partial charge in [-0.3, -0.25) is 4.79 Å². The highest BCUT2D eigenvalue weighted by Crippen LogP contribution is 2.14. The van der Waals surface area contributed by atoms with E-state index in [1.807, 2.05) is 30.3 Å². The molecule has 0 aromatic heterocycles. The molecule has 0 saturated carbocycles. The van der Waals surface area contributed by atoms with Gasteiger partial charge in [0.2, 0.25) is 0 Å². The molecule has 0 aliphatic heterocycles. The van der Waals surface area contributed by atoms with Crippen molar-refractivity contribution < 1.29 is 9.53 Å². The summed E-state index contributed by atoms with van der Waals surface area (Å²) in [5.41, 5.74) is 4.71. The van der Waals surface area contributed by atoms with E-state index >= 15 is 0 Å². The lowest BCUT2D eigenvalue weighted by Crippen LogP contribution is -2.17. The third-order valence-electron chi connectivity index (χ3n) is 2.50. The molecular formula is C16H16O2. The first-order chi connectivity index (χ1) is 8.67. The Balaban J connectivity index is 2.66. The van der Waals surface area contributed by atoms with Crippen LogP contribution < -0.4 is 0 Å². The zero-order chi connectivity index (χ0) is 13.4. The molecular weight excluding hydrogens is 224 g/mol. The summed E-state index contributed by atoms with van der Waals surface area (Å²) in [4.78, 5) is 10.9. The van der Waals surface area contributed by atoms with E-state index in [4.69, 9.17) is 11.2 Å². The smallest absolute Gasteiger partial charge is 0.304 e. The molecule has 0 aliphatic carbocycles. The van der Waals surface area contributed by atoms with Gasteiger partial charge in [-0.2, -0.15) is 0 Å². The van der Waals surface area contributed by atoms with Crippen molar-refractivity contribution in [3.05, 3.63) is 53.8 Å². The van der Waals surface area contributed by atoms with Crippen LogP contribution >= 0.6 is 0 Å². The molecule has 0 bridgehead atoms. The minimum absolute atomic E-state index is 0.398. The highest BCUT2D eigenvalue weighted by Gasteiger charge is 2.14. The number of hydrogen-bond acceptors (Lipinski definition) is 2. The number of hydrogen-bond donors (Lipinski definition) is 0. The molecule has 2 nitrogen and oxygen atoms in total. The van der Waals surface area contributed by atoms with Crippen LogP contribution in [-0.2, 0) is 16.0 Å². The Morgan fingerprint density at radius 2 is 2.11 bits per heavy atom. The first-order valence-corrected chi connectivity index (χ1v) is 5.73. The van der Waals surface area contributed by atoms with E-state index in [9.17, 15) is 4.79 Å². The zero-order valence-electron chi connectivity index (χ0n) is 10.5. The normalized spacial score (nSPS) is 10.9. The summed E-state index contributed by atoms with van der Waals surface area (Å²) < 4.78 is 5.03. The second-order valence-electron chi connectivity index (χ2n) is 3.84. The van der Waals surface area contributed by atoms with Crippen molar-refractivity contribution in [3.8, 4) is 12.3 Å². The molecule has 92 valence electrons. The van der Waals surface area contributed by atoms with Crippen molar-refractivity contribution >= 4 is 5.97 Å². The standard InChI is InChI=1S/C16H16O2/c1-4-15(16(5-2)18-13(3)17)12-11-14-9-7-6-8-10-14/h2,6-10,16H,1,11-12H2,3H3. The molecule has 1 aromatic carbocycles. The van der Waals surface area contributed by atoms with E-state index in [0.717, 1.165) is 12.0 Å². The molecule has 18 heavy (non-hydrogen) atoms. The van der Waals surface area contributed by atoms with Gasteiger partial charge in [-0.25, -0.2) is 0 Å². The van der Waals surface area contributed by atoms with Crippen molar-refractivity contribution in [1.29, 1.82) is 0 Å². The number of carbonyl (C=O) groups is 1. The number of terminal acetylenes is 1. The Bertz CT molecular complexity index is 488. The average Bonchev–Trinajstić information content (AvgIpc) is 2.38. The summed E-state index contributed by atoms with van der Waals surface area (Å²) in [6.45, 7) is 4.94. The Kier molecular flexibility index (Phi) is 5.51. The first kappa shape index (κ1) is 13.8. The van der Waals surface area contributed by atoms with Crippen molar-refractivity contribution in [2.75, 3.05) is 0 Å². The fourth-order valence-electron chi connectivity index (χ4n) is 1.61. The largest absolute Gasteiger partial charge is 0.444 e. The van der Waals surface area contributed by atoms with Crippen molar-refractivity contribution in [2.45, 2.75) is 25.9 Å². The number of aryl methyl sites for hydroxylation is 1. The number of benzene rings is 1. The number of carbonyl (C=O) groups excluding carboxylic acids is 1. The summed E-state index contributed by atoms with van der Waals surface area (Å²) in [5.74, 6) is 2.04. The number of ether oxygens (including phenoxy) is 1. The maximum Gasteiger partial charge on any atom is 0.304 e. The minimum Gasteiger partial charge on any atom is -0.444 e. The minimum atomic E-state index is -0.663. The van der Waals surface area contributed by atoms with Crippen LogP contribution in [0, 0.1) is 12.3 Å². The van der Waals surface area contributed by atoms with E-state index < -0.39 is 12.1 Å². The zero-order valence-corrected chi connectivity index (χ0v) is 10.5. The molecule has 0 spiro atoms. The molecule has 1 unspecified atom stereocenters. The van der Waals surface area contributed by atoms with Gasteiger partial charge in [-0.05, 0) is 18.4 Å². The first-order valence-electron chi connectivity index (χ1n) is 5.73. The van der Waals surface area contributed by atoms with Crippen LogP contribution in [0.3, 0.4) is 0 Å². The molecule has 1 atom stereocenters. The number of rotatable bonds is 5. The fraction of sp³-hybridized carbons (Fsp3) is 0.250. The van der Waals surface area contributed by atoms with Gasteiger partial charge in [-0.15, -0.1) is 12.2 Å². The van der Waals surface area contributed by atoms with Crippen LogP contribution in [0.15, 0.2) is 48.2 Å². The van der Waals surface area contributed by atoms with E-state index in [-0.39, 0.29) is 0 Å². The molecule has 0 saturated heterocycles. The van der Waals surface area contributed by atoms with Crippen LogP contribution in [0.5, 0.6) is 0 Å². The van der Waals surface area contributed by atoms with Crippen LogP contribution in [0.4, 0.5) is 0 Å². The second-order valence-corrected chi connectivity index (χ2v) is 3.84. The predicted octanol–water partition coefficient (Wildman–Crippen LogP) is 2.90. The van der Waals surface area contributed by atoms with E-state index in [0.29, 0.717) is 6.42 Å². The Hall–Kier alpha value is -2.23. The van der Waals surface area contributed by atoms with Crippen LogP contribution in [-0.4, -0.2) is 12.1 Å². The van der Waals surface area contributed by atoms with Crippen molar-refractivity contribution in [1.82, 2.24) is 0 Å². The van der Waals surface area contributed by atoms with Crippen LogP contribution in [0.2, 0.25) is 0 Å². The molecule has 0 fully saturated rings. The fourth-order valence-corrected chi connectivity index (χ4v) is 1.61. The maximum atomic E-state index is 10.9. The Labute approximate surface area is 108 Å². The summed E-state index contributed by atoms with van der Waals surface area (Å²) in [5, 5.41) is 0. The molecule has 0 radical (unpaired) electrons. The number of esters is 1. The lowest BCUT2D eigenvalue weighted by atomic mass is 10.0. The maximum absolute atomic E-state index is 10.9. The molecule has 2 heteroatoms. The summed E-state index contributed by atoms with van der Waals surface area (Å²) in [6.07, 6.45) is 6.18. The van der Waals surface area contributed by atoms with Gasteiger partial charge in [0.05, 0.1) is 0 Å². The average molecular weight is 240 g/mol. The van der Waals surface area contributed by atoms with E-state index in [1.54, 1.807) is 0 Å². The van der Waals surface area contributed by atoms with Crippen LogP contribution in [0.25, 0.3) is 0 Å². The summed E-state index contributed by atoms with van der Waals surface area (Å²) >= 11 is 0. The Morgan fingerprint density at radius 1 is 1.44 bits per heavy atom. The molecule has 0 N–H and O–H groups in total. The second kappa shape index (κ2) is 7.17. The molecule has 1 rings (SSSR count). The molecule has 0 heterocycles. The molecule has 1 aromatic rings. The van der Waals surface area contributed by atoms with Crippen LogP contribution in [0.1, 0.15) is 18.9 Å². The molecule has 0 aliphatic rings. The lowest BCUT2D eigenvalue weighted by Gasteiger charge is -2.13. The summed E-state index contributed by atoms with van der Waals surface area (Å²) in [6, 6.07) is 10.0. The van der Waals surface area contributed by atoms with Gasteiger partial charge in [-0.1, -0.05) is 42.8 Å². The SMILES string of the molecule is C#CC(OC(C)=O)C(=C=C)CCc1ccccc1. The van der Waals surface area contributed by atoms with Gasteiger partial charge < -0.3 is 4.74 Å². The highest BCUT2D eigenvalue weighted by atomic mass is 16.5. The van der Waals surface area contributed by atoms with Gasteiger partial charge in [0, 0.05) is 12.5 Å². The van der Waals surface area contributed by atoms with Crippen molar-refractivity contribution in [3.63, 3.8) is 0 Å². The van der Waals surface area contributed by atoms with E-state index in [1.165, 1.54) is 12.5 Å². The lowest BCUT2D eigenvalue weighted by molar-refractivity contribution is -0.142. The molecule has 0 amide bonds. The quantitative estimate of drug-likeness (QED) is 0.449. The van der Waals surface area contributed by atoms with Crippen molar-refractivity contribution in [2.24, 2.45) is 0 Å². The highest BCUT2D eigenvalue weighted by molar-refractivity contribution is 5.67. The van der Waals surface area contributed by atoms with E-state index in [2.05, 4.69) is 18.2 Å². The topological polar surface area (TPSA) is 26.3 Å². The summed E-state index contributed by atoms with van der Waals surface area (Å²) in [7, 11) is 0. The third kappa shape index (κ3) is 4.33. The van der Waals surface area contributed by atoms with Gasteiger partial charge in [0.1, 0.15) is 0 Å². The van der Waals surface area contributed by atoms with Gasteiger partial charge >= 0.3 is 5.97 Å². The predicted molar refractivity (Wildman–Crippen MR) is 71.8 cm³/mol. The monoisotopic (exact) mass is 240 g/mol. The third-order valence-corrected chi connectivity index (χ3v) is 2.50. The van der Waals surface area contributed by atoms with Gasteiger partial charge in [0.15, 0.2) is 6.10 Å². The Morgan fingerprint density at radius 3 is 2.61 bits per heavy atom. The van der Waals surface area contributed by atoms with Gasteiger partial charge in [0.25, 0.3) is 0 Å².